The first kappa shape index (κ1) is 22.3. The molecule has 0 bridgehead atoms. The van der Waals surface area contributed by atoms with Crippen molar-refractivity contribution in [1.29, 1.82) is 0 Å². The van der Waals surface area contributed by atoms with Crippen LogP contribution >= 0.6 is 0 Å². The van der Waals surface area contributed by atoms with E-state index in [1.54, 1.807) is 0 Å². The number of terminal acetylenes is 1. The number of rotatable bonds is 8. The Morgan fingerprint density at radius 1 is 1.46 bits per heavy atom. The molecule has 1 amide bonds. The highest BCUT2D eigenvalue weighted by atomic mass is 16.7. The molecule has 1 aliphatic rings. The summed E-state index contributed by atoms with van der Waals surface area (Å²) in [6.07, 6.45) is -1.38. The van der Waals surface area contributed by atoms with Crippen LogP contribution in [-0.4, -0.2) is 88.9 Å². The molecule has 0 aromatic heterocycles. The molecule has 26 heavy (non-hydrogen) atoms. The summed E-state index contributed by atoms with van der Waals surface area (Å²) in [4.78, 5) is 23.7. The number of hydrogen-bond acceptors (Lipinski definition) is 9. The van der Waals surface area contributed by atoms with Gasteiger partial charge in [0, 0.05) is 19.8 Å². The second-order valence-corrected chi connectivity index (χ2v) is 5.87. The summed E-state index contributed by atoms with van der Waals surface area (Å²) < 4.78 is 15.7. The van der Waals surface area contributed by atoms with Gasteiger partial charge >= 0.3 is 5.97 Å². The number of carbonyl (C=O) groups is 2. The molecule has 10 heteroatoms. The van der Waals surface area contributed by atoms with E-state index in [9.17, 15) is 24.9 Å². The van der Waals surface area contributed by atoms with Gasteiger partial charge in [0.25, 0.3) is 5.79 Å². The minimum atomic E-state index is -2.10. The average Bonchev–Trinajstić information content (AvgIpc) is 2.61. The minimum Gasteiger partial charge on any atom is -0.465 e. The number of aliphatic hydroxyl groups is 4. The molecule has 5 N–H and O–H groups in total. The van der Waals surface area contributed by atoms with Crippen LogP contribution in [0.4, 0.5) is 0 Å². The average molecular weight is 375 g/mol. The number of amides is 1. The molecule has 0 aromatic carbocycles. The SMILES string of the molecule is C#CCCOC1(C(=O)OC)CC(O)C(NC(C)=O)C(C(O)C(O)CO)O1. The van der Waals surface area contributed by atoms with Crippen LogP contribution in [0.3, 0.4) is 0 Å². The third-order valence-corrected chi connectivity index (χ3v) is 3.94. The van der Waals surface area contributed by atoms with E-state index in [0.29, 0.717) is 0 Å². The lowest BCUT2D eigenvalue weighted by Gasteiger charge is -2.46. The van der Waals surface area contributed by atoms with Crippen LogP contribution in [0.5, 0.6) is 0 Å². The van der Waals surface area contributed by atoms with E-state index in [1.807, 2.05) is 0 Å². The molecule has 1 fully saturated rings. The molecule has 0 spiro atoms. The Labute approximate surface area is 151 Å². The summed E-state index contributed by atoms with van der Waals surface area (Å²) >= 11 is 0. The number of esters is 1. The van der Waals surface area contributed by atoms with Crippen molar-refractivity contribution in [3.63, 3.8) is 0 Å². The molecule has 148 valence electrons. The highest BCUT2D eigenvalue weighted by Crippen LogP contribution is 2.34. The maximum Gasteiger partial charge on any atom is 0.366 e. The Hall–Kier alpha value is -1.74. The van der Waals surface area contributed by atoms with E-state index >= 15 is 0 Å². The Balaban J connectivity index is 3.21. The normalized spacial score (nSPS) is 30.7. The van der Waals surface area contributed by atoms with Crippen molar-refractivity contribution in [1.82, 2.24) is 5.32 Å². The largest absolute Gasteiger partial charge is 0.465 e. The van der Waals surface area contributed by atoms with E-state index in [2.05, 4.69) is 16.0 Å². The zero-order valence-corrected chi connectivity index (χ0v) is 14.6. The van der Waals surface area contributed by atoms with Crippen LogP contribution in [0.25, 0.3) is 0 Å². The highest BCUT2D eigenvalue weighted by molar-refractivity contribution is 5.78. The first-order valence-corrected chi connectivity index (χ1v) is 7.98. The molecule has 1 saturated heterocycles. The molecule has 1 aliphatic heterocycles. The van der Waals surface area contributed by atoms with Gasteiger partial charge in [0.05, 0.1) is 32.5 Å². The van der Waals surface area contributed by atoms with E-state index in [0.717, 1.165) is 7.11 Å². The van der Waals surface area contributed by atoms with Crippen molar-refractivity contribution in [3.05, 3.63) is 0 Å². The number of carbonyl (C=O) groups excluding carboxylic acids is 2. The number of methoxy groups -OCH3 is 1. The second kappa shape index (κ2) is 9.82. The van der Waals surface area contributed by atoms with Gasteiger partial charge in [-0.1, -0.05) is 0 Å². The third kappa shape index (κ3) is 5.14. The minimum absolute atomic E-state index is 0.103. The predicted molar refractivity (Wildman–Crippen MR) is 86.3 cm³/mol. The number of ether oxygens (including phenoxy) is 3. The van der Waals surface area contributed by atoms with Crippen molar-refractivity contribution < 1.29 is 44.2 Å². The fourth-order valence-electron chi connectivity index (χ4n) is 2.70. The van der Waals surface area contributed by atoms with Crippen molar-refractivity contribution in [2.24, 2.45) is 0 Å². The maximum atomic E-state index is 12.2. The fourth-order valence-corrected chi connectivity index (χ4v) is 2.70. The number of aliphatic hydroxyl groups excluding tert-OH is 4. The lowest BCUT2D eigenvalue weighted by atomic mass is 9.88. The monoisotopic (exact) mass is 375 g/mol. The van der Waals surface area contributed by atoms with Crippen molar-refractivity contribution >= 4 is 11.9 Å². The van der Waals surface area contributed by atoms with Crippen LogP contribution < -0.4 is 5.32 Å². The molecule has 6 atom stereocenters. The molecule has 0 aromatic rings. The topological polar surface area (TPSA) is 155 Å². The van der Waals surface area contributed by atoms with Crippen LogP contribution in [0.1, 0.15) is 19.8 Å². The molecule has 1 heterocycles. The van der Waals surface area contributed by atoms with Gasteiger partial charge in [-0.25, -0.2) is 4.79 Å². The van der Waals surface area contributed by atoms with Gasteiger partial charge in [-0.15, -0.1) is 12.3 Å². The van der Waals surface area contributed by atoms with Gasteiger partial charge < -0.3 is 40.0 Å². The number of nitrogens with one attached hydrogen (secondary N) is 1. The third-order valence-electron chi connectivity index (χ3n) is 3.94. The van der Waals surface area contributed by atoms with Gasteiger partial charge in [-0.3, -0.25) is 4.79 Å². The van der Waals surface area contributed by atoms with Crippen LogP contribution in [-0.2, 0) is 23.8 Å². The van der Waals surface area contributed by atoms with Gasteiger partial charge in [0.1, 0.15) is 18.3 Å². The predicted octanol–water partition coefficient (Wildman–Crippen LogP) is -2.74. The first-order valence-electron chi connectivity index (χ1n) is 7.98. The molecule has 0 radical (unpaired) electrons. The molecule has 0 aliphatic carbocycles. The van der Waals surface area contributed by atoms with E-state index < -0.39 is 61.1 Å². The zero-order valence-electron chi connectivity index (χ0n) is 14.6. The lowest BCUT2D eigenvalue weighted by molar-refractivity contribution is -0.311. The quantitative estimate of drug-likeness (QED) is 0.173. The fraction of sp³-hybridized carbons (Fsp3) is 0.750. The Kier molecular flexibility index (Phi) is 8.42. The van der Waals surface area contributed by atoms with E-state index in [-0.39, 0.29) is 13.0 Å². The molecule has 6 unspecified atom stereocenters. The van der Waals surface area contributed by atoms with Gasteiger partial charge in [0.2, 0.25) is 5.91 Å². The van der Waals surface area contributed by atoms with Crippen LogP contribution in [0.15, 0.2) is 0 Å². The molecular weight excluding hydrogens is 350 g/mol. The van der Waals surface area contributed by atoms with Crippen molar-refractivity contribution in [2.75, 3.05) is 20.3 Å². The van der Waals surface area contributed by atoms with Gasteiger partial charge in [0.15, 0.2) is 0 Å². The maximum absolute atomic E-state index is 12.2. The summed E-state index contributed by atoms with van der Waals surface area (Å²) in [5.74, 6) is -1.30. The Morgan fingerprint density at radius 3 is 2.62 bits per heavy atom. The Morgan fingerprint density at radius 2 is 2.12 bits per heavy atom. The van der Waals surface area contributed by atoms with E-state index in [1.165, 1.54) is 6.92 Å². The lowest BCUT2D eigenvalue weighted by Crippen LogP contribution is -2.68. The highest BCUT2D eigenvalue weighted by Gasteiger charge is 2.56. The number of hydrogen-bond donors (Lipinski definition) is 5. The molecular formula is C16H25NO9. The summed E-state index contributed by atoms with van der Waals surface area (Å²) in [7, 11) is 1.08. The summed E-state index contributed by atoms with van der Waals surface area (Å²) in [5, 5.41) is 41.9. The standard InChI is InChI=1S/C16H25NO9/c1-4-5-6-25-16(15(23)24-3)7-10(20)12(17-9(2)19)14(26-16)13(22)11(21)8-18/h1,10-14,18,20-22H,5-8H2,2-3H3,(H,17,19). The Bertz CT molecular complexity index is 534. The van der Waals surface area contributed by atoms with Crippen molar-refractivity contribution in [2.45, 2.75) is 56.0 Å². The second-order valence-electron chi connectivity index (χ2n) is 5.87. The summed E-state index contributed by atoms with van der Waals surface area (Å²) in [5.41, 5.74) is 0. The smallest absolute Gasteiger partial charge is 0.366 e. The summed E-state index contributed by atoms with van der Waals surface area (Å²) in [6, 6.07) is -1.17. The summed E-state index contributed by atoms with van der Waals surface area (Å²) in [6.45, 7) is 0.270. The molecule has 10 nitrogen and oxygen atoms in total. The van der Waals surface area contributed by atoms with Gasteiger partial charge in [-0.2, -0.15) is 0 Å². The molecule has 0 saturated carbocycles. The van der Waals surface area contributed by atoms with Crippen molar-refractivity contribution in [3.8, 4) is 12.3 Å². The van der Waals surface area contributed by atoms with Crippen LogP contribution in [0, 0.1) is 12.3 Å². The first-order chi connectivity index (χ1) is 12.2. The molecule has 1 rings (SSSR count). The zero-order chi connectivity index (χ0) is 19.9. The van der Waals surface area contributed by atoms with E-state index in [4.69, 9.17) is 21.0 Å². The van der Waals surface area contributed by atoms with Gasteiger partial charge in [-0.05, 0) is 0 Å². The van der Waals surface area contributed by atoms with Crippen LogP contribution in [0.2, 0.25) is 0 Å².